The van der Waals surface area contributed by atoms with Gasteiger partial charge in [-0.05, 0) is 37.0 Å². The number of amides is 1. The van der Waals surface area contributed by atoms with Crippen molar-refractivity contribution in [2.24, 2.45) is 11.8 Å². The van der Waals surface area contributed by atoms with Gasteiger partial charge >= 0.3 is 5.97 Å². The van der Waals surface area contributed by atoms with Crippen molar-refractivity contribution < 1.29 is 14.7 Å². The highest BCUT2D eigenvalue weighted by atomic mass is 35.5. The van der Waals surface area contributed by atoms with Gasteiger partial charge < -0.3 is 10.4 Å². The number of nitrogens with one attached hydrogen (secondary N) is 1. The van der Waals surface area contributed by atoms with E-state index in [0.717, 1.165) is 12.0 Å². The van der Waals surface area contributed by atoms with Crippen molar-refractivity contribution >= 4 is 23.5 Å². The number of carboxylic acids is 1. The molecule has 1 fully saturated rings. The average molecular weight is 296 g/mol. The molecule has 0 spiro atoms. The van der Waals surface area contributed by atoms with Crippen molar-refractivity contribution in [1.82, 2.24) is 5.32 Å². The van der Waals surface area contributed by atoms with Crippen LogP contribution in [-0.2, 0) is 9.59 Å². The summed E-state index contributed by atoms with van der Waals surface area (Å²) in [6, 6.07) is 7.24. The number of carboxylic acid groups (broad SMARTS) is 1. The zero-order chi connectivity index (χ0) is 14.7. The second-order valence-corrected chi connectivity index (χ2v) is 5.59. The van der Waals surface area contributed by atoms with Crippen molar-refractivity contribution in [3.8, 4) is 0 Å². The third-order valence-electron chi connectivity index (χ3n) is 3.90. The molecular formula is C15H18ClNO3. The molecule has 0 saturated heterocycles. The van der Waals surface area contributed by atoms with Crippen LogP contribution in [0.2, 0.25) is 5.02 Å². The van der Waals surface area contributed by atoms with Crippen LogP contribution in [0.4, 0.5) is 0 Å². The Labute approximate surface area is 123 Å². The first-order chi connectivity index (χ1) is 9.52. The predicted octanol–water partition coefficient (Wildman–Crippen LogP) is 3.02. The van der Waals surface area contributed by atoms with Crippen LogP contribution in [0.15, 0.2) is 24.3 Å². The second-order valence-electron chi connectivity index (χ2n) is 5.15. The normalized spacial score (nSPS) is 22.7. The molecule has 1 saturated carbocycles. The van der Waals surface area contributed by atoms with Crippen LogP contribution >= 0.6 is 11.6 Å². The van der Waals surface area contributed by atoms with Gasteiger partial charge in [0.15, 0.2) is 0 Å². The zero-order valence-corrected chi connectivity index (χ0v) is 12.1. The molecule has 2 rings (SSSR count). The van der Waals surface area contributed by atoms with Gasteiger partial charge in [-0.3, -0.25) is 9.59 Å². The Kier molecular flexibility index (Phi) is 4.65. The lowest BCUT2D eigenvalue weighted by Crippen LogP contribution is -2.45. The average Bonchev–Trinajstić information content (AvgIpc) is 2.33. The van der Waals surface area contributed by atoms with Gasteiger partial charge in [-0.2, -0.15) is 0 Å². The molecule has 2 N–H and O–H groups in total. The van der Waals surface area contributed by atoms with E-state index >= 15 is 0 Å². The summed E-state index contributed by atoms with van der Waals surface area (Å²) in [6.45, 7) is 1.97. The lowest BCUT2D eigenvalue weighted by Gasteiger charge is -2.33. The molecule has 1 aromatic carbocycles. The van der Waals surface area contributed by atoms with Crippen LogP contribution in [0.3, 0.4) is 0 Å². The summed E-state index contributed by atoms with van der Waals surface area (Å²) < 4.78 is 0. The van der Waals surface area contributed by atoms with Gasteiger partial charge in [-0.15, -0.1) is 0 Å². The Morgan fingerprint density at radius 1 is 1.40 bits per heavy atom. The van der Waals surface area contributed by atoms with Crippen LogP contribution in [0, 0.1) is 11.8 Å². The Balaban J connectivity index is 2.03. The zero-order valence-electron chi connectivity index (χ0n) is 11.3. The van der Waals surface area contributed by atoms with Gasteiger partial charge in [0.05, 0.1) is 17.9 Å². The number of benzene rings is 1. The molecule has 1 aliphatic carbocycles. The number of hydrogen-bond donors (Lipinski definition) is 2. The van der Waals surface area contributed by atoms with E-state index in [1.807, 2.05) is 25.1 Å². The topological polar surface area (TPSA) is 66.4 Å². The number of carbonyl (C=O) groups is 2. The number of aliphatic carboxylic acids is 1. The van der Waals surface area contributed by atoms with Gasteiger partial charge in [0.2, 0.25) is 5.91 Å². The van der Waals surface area contributed by atoms with Gasteiger partial charge in [0, 0.05) is 5.02 Å². The highest BCUT2D eigenvalue weighted by Crippen LogP contribution is 2.35. The lowest BCUT2D eigenvalue weighted by atomic mass is 9.73. The minimum Gasteiger partial charge on any atom is -0.481 e. The monoisotopic (exact) mass is 295 g/mol. The molecule has 0 radical (unpaired) electrons. The molecule has 0 heterocycles. The molecule has 0 aromatic heterocycles. The van der Waals surface area contributed by atoms with Crippen LogP contribution in [0.5, 0.6) is 0 Å². The predicted molar refractivity (Wildman–Crippen MR) is 76.5 cm³/mol. The van der Waals surface area contributed by atoms with Gasteiger partial charge in [0.25, 0.3) is 0 Å². The molecule has 5 heteroatoms. The Morgan fingerprint density at radius 2 is 2.10 bits per heavy atom. The summed E-state index contributed by atoms with van der Waals surface area (Å²) in [6.07, 6.45) is 1.96. The summed E-state index contributed by atoms with van der Waals surface area (Å²) in [4.78, 5) is 23.1. The molecule has 108 valence electrons. The summed E-state index contributed by atoms with van der Waals surface area (Å²) in [5.41, 5.74) is 0.944. The van der Waals surface area contributed by atoms with E-state index in [4.69, 9.17) is 16.7 Å². The maximum absolute atomic E-state index is 12.2. The summed E-state index contributed by atoms with van der Waals surface area (Å²) in [5.74, 6) is -1.99. The van der Waals surface area contributed by atoms with Crippen molar-refractivity contribution in [2.75, 3.05) is 0 Å². The molecule has 1 aromatic rings. The number of rotatable bonds is 5. The van der Waals surface area contributed by atoms with Crippen molar-refractivity contribution in [1.29, 1.82) is 0 Å². The largest absolute Gasteiger partial charge is 0.481 e. The van der Waals surface area contributed by atoms with Crippen LogP contribution in [0.1, 0.15) is 37.8 Å². The number of hydrogen-bond acceptors (Lipinski definition) is 2. The van der Waals surface area contributed by atoms with E-state index < -0.39 is 17.8 Å². The molecule has 3 unspecified atom stereocenters. The van der Waals surface area contributed by atoms with Crippen molar-refractivity contribution in [3.05, 3.63) is 34.9 Å². The Bertz CT molecular complexity index is 518. The summed E-state index contributed by atoms with van der Waals surface area (Å²) in [7, 11) is 0. The Hall–Kier alpha value is -1.55. The first kappa shape index (κ1) is 14.9. The van der Waals surface area contributed by atoms with E-state index in [1.165, 1.54) is 0 Å². The van der Waals surface area contributed by atoms with Gasteiger partial charge in [0.1, 0.15) is 0 Å². The smallest absolute Gasteiger partial charge is 0.307 e. The molecule has 20 heavy (non-hydrogen) atoms. The molecule has 3 atom stereocenters. The first-order valence-corrected chi connectivity index (χ1v) is 7.19. The second kappa shape index (κ2) is 6.27. The fraction of sp³-hybridized carbons (Fsp3) is 0.467. The molecule has 4 nitrogen and oxygen atoms in total. The van der Waals surface area contributed by atoms with Crippen molar-refractivity contribution in [3.63, 3.8) is 0 Å². The van der Waals surface area contributed by atoms with Crippen LogP contribution < -0.4 is 5.32 Å². The summed E-state index contributed by atoms with van der Waals surface area (Å²) >= 11 is 5.96. The Morgan fingerprint density at radius 3 is 2.60 bits per heavy atom. The van der Waals surface area contributed by atoms with Gasteiger partial charge in [-0.25, -0.2) is 0 Å². The van der Waals surface area contributed by atoms with E-state index in [9.17, 15) is 9.59 Å². The minimum absolute atomic E-state index is 0.128. The maximum Gasteiger partial charge on any atom is 0.307 e. The van der Waals surface area contributed by atoms with E-state index in [0.29, 0.717) is 17.9 Å². The summed E-state index contributed by atoms with van der Waals surface area (Å²) in [5, 5.41) is 12.6. The highest BCUT2D eigenvalue weighted by Gasteiger charge is 2.41. The minimum atomic E-state index is -0.882. The quantitative estimate of drug-likeness (QED) is 0.877. The first-order valence-electron chi connectivity index (χ1n) is 6.81. The maximum atomic E-state index is 12.2. The van der Waals surface area contributed by atoms with Crippen LogP contribution in [-0.4, -0.2) is 17.0 Å². The van der Waals surface area contributed by atoms with E-state index in [-0.39, 0.29) is 11.9 Å². The third-order valence-corrected chi connectivity index (χ3v) is 4.14. The lowest BCUT2D eigenvalue weighted by molar-refractivity contribution is -0.153. The van der Waals surface area contributed by atoms with E-state index in [2.05, 4.69) is 5.32 Å². The molecule has 1 aliphatic rings. The number of carbonyl (C=O) groups excluding carboxylic acids is 1. The fourth-order valence-corrected chi connectivity index (χ4v) is 2.73. The van der Waals surface area contributed by atoms with Crippen molar-refractivity contribution in [2.45, 2.75) is 32.2 Å². The standard InChI is InChI=1S/C15H18ClNO3/c1-2-13(9-4-3-5-10(16)8-9)17-14(18)11-6-7-12(11)15(19)20/h3-5,8,11-13H,2,6-7H2,1H3,(H,17,18)(H,19,20). The molecule has 0 aliphatic heterocycles. The molecular weight excluding hydrogens is 278 g/mol. The van der Waals surface area contributed by atoms with Crippen LogP contribution in [0.25, 0.3) is 0 Å². The fourth-order valence-electron chi connectivity index (χ4n) is 2.53. The third kappa shape index (κ3) is 3.12. The van der Waals surface area contributed by atoms with E-state index in [1.54, 1.807) is 6.07 Å². The number of halogens is 1. The SMILES string of the molecule is CCC(NC(=O)C1CCC1C(=O)O)c1cccc(Cl)c1. The molecule has 1 amide bonds. The molecule has 0 bridgehead atoms. The van der Waals surface area contributed by atoms with Gasteiger partial charge in [-0.1, -0.05) is 30.7 Å². The highest BCUT2D eigenvalue weighted by molar-refractivity contribution is 6.30.